The van der Waals surface area contributed by atoms with Crippen molar-refractivity contribution >= 4 is 52.3 Å². The molecule has 142 valence electrons. The van der Waals surface area contributed by atoms with Crippen LogP contribution in [0.3, 0.4) is 0 Å². The second-order valence-electron chi connectivity index (χ2n) is 6.01. The normalized spacial score (nSPS) is 11.8. The SMILES string of the molecule is NC(=O)C(Sc1ccc(Cl)cc1)c1cc(Cl)cc(C(=O)c2ccccc2)c1N. The molecule has 0 saturated heterocycles. The molecule has 0 aromatic heterocycles. The van der Waals surface area contributed by atoms with Gasteiger partial charge in [0.15, 0.2) is 5.78 Å². The first-order valence-electron chi connectivity index (χ1n) is 8.27. The minimum Gasteiger partial charge on any atom is -0.398 e. The Hall–Kier alpha value is -2.47. The monoisotopic (exact) mass is 430 g/mol. The van der Waals surface area contributed by atoms with Gasteiger partial charge in [0, 0.05) is 37.3 Å². The van der Waals surface area contributed by atoms with Gasteiger partial charge in [-0.15, -0.1) is 11.8 Å². The maximum absolute atomic E-state index is 12.9. The molecule has 1 atom stereocenters. The Morgan fingerprint density at radius 2 is 1.54 bits per heavy atom. The zero-order valence-electron chi connectivity index (χ0n) is 14.6. The van der Waals surface area contributed by atoms with Crippen LogP contribution >= 0.6 is 35.0 Å². The third-order valence-corrected chi connectivity index (χ3v) is 5.80. The maximum Gasteiger partial charge on any atom is 0.235 e. The van der Waals surface area contributed by atoms with Gasteiger partial charge in [0.25, 0.3) is 0 Å². The Morgan fingerprint density at radius 3 is 2.14 bits per heavy atom. The third kappa shape index (κ3) is 4.50. The molecule has 4 nitrogen and oxygen atoms in total. The summed E-state index contributed by atoms with van der Waals surface area (Å²) < 4.78 is 0. The Balaban J connectivity index is 2.04. The smallest absolute Gasteiger partial charge is 0.235 e. The van der Waals surface area contributed by atoms with E-state index in [2.05, 4.69) is 0 Å². The standard InChI is InChI=1S/C21H16Cl2N2O2S/c22-13-6-8-15(9-7-13)28-20(21(25)27)17-11-14(23)10-16(18(17)24)19(26)12-4-2-1-3-5-12/h1-11,20H,24H2,(H2,25,27). The molecule has 0 aliphatic heterocycles. The second kappa shape index (κ2) is 8.69. The number of rotatable bonds is 6. The van der Waals surface area contributed by atoms with Crippen molar-refractivity contribution in [3.63, 3.8) is 0 Å². The fourth-order valence-electron chi connectivity index (χ4n) is 2.71. The van der Waals surface area contributed by atoms with Crippen LogP contribution in [0.1, 0.15) is 26.7 Å². The van der Waals surface area contributed by atoms with Crippen LogP contribution in [-0.2, 0) is 4.79 Å². The van der Waals surface area contributed by atoms with E-state index in [9.17, 15) is 9.59 Å². The molecule has 28 heavy (non-hydrogen) atoms. The van der Waals surface area contributed by atoms with E-state index in [1.54, 1.807) is 54.6 Å². The van der Waals surface area contributed by atoms with Gasteiger partial charge < -0.3 is 11.5 Å². The summed E-state index contributed by atoms with van der Waals surface area (Å²) in [7, 11) is 0. The lowest BCUT2D eigenvalue weighted by Crippen LogP contribution is -2.21. The van der Waals surface area contributed by atoms with Gasteiger partial charge in [0.05, 0.1) is 0 Å². The Bertz CT molecular complexity index is 1020. The fraction of sp³-hybridized carbons (Fsp3) is 0.0476. The largest absolute Gasteiger partial charge is 0.398 e. The lowest BCUT2D eigenvalue weighted by molar-refractivity contribution is -0.117. The molecule has 3 rings (SSSR count). The van der Waals surface area contributed by atoms with E-state index in [-0.39, 0.29) is 17.0 Å². The summed E-state index contributed by atoms with van der Waals surface area (Å²) in [5, 5.41) is 0.0617. The molecular weight excluding hydrogens is 415 g/mol. The summed E-state index contributed by atoms with van der Waals surface area (Å²) in [4.78, 5) is 25.8. The number of anilines is 1. The van der Waals surface area contributed by atoms with Crippen molar-refractivity contribution in [1.29, 1.82) is 0 Å². The molecule has 1 unspecified atom stereocenters. The summed E-state index contributed by atoms with van der Waals surface area (Å²) in [6.07, 6.45) is 0. The summed E-state index contributed by atoms with van der Waals surface area (Å²) in [5.41, 5.74) is 13.2. The topological polar surface area (TPSA) is 86.2 Å². The molecule has 1 amide bonds. The van der Waals surface area contributed by atoms with Crippen molar-refractivity contribution in [3.05, 3.63) is 93.5 Å². The van der Waals surface area contributed by atoms with Crippen molar-refractivity contribution in [2.24, 2.45) is 5.73 Å². The van der Waals surface area contributed by atoms with Crippen LogP contribution in [-0.4, -0.2) is 11.7 Å². The number of carbonyl (C=O) groups is 2. The Morgan fingerprint density at radius 1 is 0.893 bits per heavy atom. The van der Waals surface area contributed by atoms with Crippen molar-refractivity contribution < 1.29 is 9.59 Å². The predicted molar refractivity (Wildman–Crippen MR) is 115 cm³/mol. The van der Waals surface area contributed by atoms with Gasteiger partial charge in [-0.05, 0) is 36.4 Å². The zero-order valence-corrected chi connectivity index (χ0v) is 16.9. The van der Waals surface area contributed by atoms with E-state index in [1.165, 1.54) is 17.8 Å². The van der Waals surface area contributed by atoms with E-state index in [0.29, 0.717) is 21.2 Å². The number of ketones is 1. The number of halogens is 2. The zero-order chi connectivity index (χ0) is 20.3. The Kier molecular flexibility index (Phi) is 6.29. The van der Waals surface area contributed by atoms with E-state index in [4.69, 9.17) is 34.7 Å². The van der Waals surface area contributed by atoms with Crippen LogP contribution in [0.15, 0.2) is 71.6 Å². The van der Waals surface area contributed by atoms with Crippen molar-refractivity contribution in [1.82, 2.24) is 0 Å². The van der Waals surface area contributed by atoms with Gasteiger partial charge in [-0.2, -0.15) is 0 Å². The minimum absolute atomic E-state index is 0.184. The van der Waals surface area contributed by atoms with Gasteiger partial charge in [-0.3, -0.25) is 9.59 Å². The molecule has 3 aromatic rings. The molecule has 0 saturated carbocycles. The molecule has 0 aliphatic rings. The lowest BCUT2D eigenvalue weighted by atomic mass is 9.97. The van der Waals surface area contributed by atoms with Crippen molar-refractivity contribution in [3.8, 4) is 0 Å². The number of nitrogen functional groups attached to an aromatic ring is 1. The summed E-state index contributed by atoms with van der Waals surface area (Å²) >= 11 is 13.4. The van der Waals surface area contributed by atoms with Crippen LogP contribution < -0.4 is 11.5 Å². The summed E-state index contributed by atoms with van der Waals surface area (Å²) in [6.45, 7) is 0. The second-order valence-corrected chi connectivity index (χ2v) is 8.06. The molecule has 3 aromatic carbocycles. The first-order valence-corrected chi connectivity index (χ1v) is 9.90. The van der Waals surface area contributed by atoms with E-state index < -0.39 is 11.2 Å². The van der Waals surface area contributed by atoms with E-state index in [1.807, 2.05) is 6.07 Å². The maximum atomic E-state index is 12.9. The number of hydrogen-bond donors (Lipinski definition) is 2. The van der Waals surface area contributed by atoms with E-state index in [0.717, 1.165) is 4.90 Å². The van der Waals surface area contributed by atoms with Crippen LogP contribution in [0.5, 0.6) is 0 Å². The highest BCUT2D eigenvalue weighted by molar-refractivity contribution is 8.00. The van der Waals surface area contributed by atoms with Crippen molar-refractivity contribution in [2.45, 2.75) is 10.1 Å². The molecule has 4 N–H and O–H groups in total. The van der Waals surface area contributed by atoms with Crippen molar-refractivity contribution in [2.75, 3.05) is 5.73 Å². The van der Waals surface area contributed by atoms with Gasteiger partial charge in [-0.25, -0.2) is 0 Å². The number of thioether (sulfide) groups is 1. The molecule has 0 radical (unpaired) electrons. The third-order valence-electron chi connectivity index (χ3n) is 4.07. The first-order chi connectivity index (χ1) is 13.4. The van der Waals surface area contributed by atoms with Crippen LogP contribution in [0.2, 0.25) is 10.0 Å². The molecule has 0 bridgehead atoms. The summed E-state index contributed by atoms with van der Waals surface area (Å²) in [6, 6.07) is 18.8. The van der Waals surface area contributed by atoms with Gasteiger partial charge in [0.2, 0.25) is 5.91 Å². The van der Waals surface area contributed by atoms with E-state index >= 15 is 0 Å². The highest BCUT2D eigenvalue weighted by atomic mass is 35.5. The average Bonchev–Trinajstić information content (AvgIpc) is 2.69. The summed E-state index contributed by atoms with van der Waals surface area (Å²) in [5.74, 6) is -0.867. The molecular formula is C21H16Cl2N2O2S. The number of carbonyl (C=O) groups excluding carboxylic acids is 2. The predicted octanol–water partition coefficient (Wildman–Crippen LogP) is 5.13. The number of primary amides is 1. The highest BCUT2D eigenvalue weighted by Crippen LogP contribution is 2.40. The quantitative estimate of drug-likeness (QED) is 0.322. The number of benzene rings is 3. The van der Waals surface area contributed by atoms with Gasteiger partial charge in [-0.1, -0.05) is 53.5 Å². The number of amides is 1. The van der Waals surface area contributed by atoms with Crippen LogP contribution in [0.25, 0.3) is 0 Å². The van der Waals surface area contributed by atoms with Gasteiger partial charge in [0.1, 0.15) is 5.25 Å². The number of hydrogen-bond acceptors (Lipinski definition) is 4. The van der Waals surface area contributed by atoms with Crippen LogP contribution in [0, 0.1) is 0 Å². The molecule has 0 aliphatic carbocycles. The van der Waals surface area contributed by atoms with Gasteiger partial charge >= 0.3 is 0 Å². The first kappa shape index (κ1) is 20.3. The molecule has 0 heterocycles. The minimum atomic E-state index is -0.817. The fourth-order valence-corrected chi connectivity index (χ4v) is 4.07. The van der Waals surface area contributed by atoms with Crippen LogP contribution in [0.4, 0.5) is 5.69 Å². The number of nitrogens with two attached hydrogens (primary N) is 2. The molecule has 7 heteroatoms. The highest BCUT2D eigenvalue weighted by Gasteiger charge is 2.26. The molecule has 0 fully saturated rings. The lowest BCUT2D eigenvalue weighted by Gasteiger charge is -2.18. The Labute approximate surface area is 176 Å². The average molecular weight is 431 g/mol. The molecule has 0 spiro atoms.